The van der Waals surface area contributed by atoms with Crippen LogP contribution in [0.3, 0.4) is 0 Å². The molecule has 5 N–H and O–H groups in total. The van der Waals surface area contributed by atoms with Crippen LogP contribution in [0.4, 0.5) is 0 Å². The highest BCUT2D eigenvalue weighted by Crippen LogP contribution is 2.21. The molecule has 1 atom stereocenters. The molecule has 0 spiro atoms. The van der Waals surface area contributed by atoms with E-state index in [9.17, 15) is 9.90 Å². The van der Waals surface area contributed by atoms with Gasteiger partial charge in [0.25, 0.3) is 0 Å². The number of rotatable bonds is 11. The highest BCUT2D eigenvalue weighted by atomic mass is 16.5. The minimum absolute atomic E-state index is 0.252. The van der Waals surface area contributed by atoms with E-state index >= 15 is 0 Å². The first-order valence-corrected chi connectivity index (χ1v) is 8.51. The molecule has 8 heteroatoms. The summed E-state index contributed by atoms with van der Waals surface area (Å²) in [6.07, 6.45) is 4.95. The van der Waals surface area contributed by atoms with Gasteiger partial charge in [0.2, 0.25) is 0 Å². The van der Waals surface area contributed by atoms with E-state index in [0.29, 0.717) is 31.7 Å². The van der Waals surface area contributed by atoms with Crippen molar-refractivity contribution in [2.45, 2.75) is 62.8 Å². The van der Waals surface area contributed by atoms with Crippen LogP contribution >= 0.6 is 0 Å². The monoisotopic (exact) mass is 330 g/mol. The molecule has 7 nitrogen and oxygen atoms in total. The van der Waals surface area contributed by atoms with Gasteiger partial charge in [0.15, 0.2) is 0 Å². The van der Waals surface area contributed by atoms with Crippen molar-refractivity contribution < 1.29 is 24.7 Å². The Morgan fingerprint density at radius 3 is 2.43 bits per heavy atom. The van der Waals surface area contributed by atoms with Gasteiger partial charge in [-0.15, -0.1) is 0 Å². The van der Waals surface area contributed by atoms with Crippen molar-refractivity contribution in [3.8, 4) is 0 Å². The van der Waals surface area contributed by atoms with Gasteiger partial charge < -0.3 is 30.5 Å². The molecule has 1 saturated heterocycles. The zero-order chi connectivity index (χ0) is 17.3. The summed E-state index contributed by atoms with van der Waals surface area (Å²) >= 11 is 0. The van der Waals surface area contributed by atoms with Crippen LogP contribution in [0.15, 0.2) is 0 Å². The SMILES string of the molecule is CN(CCCC(N)(CCCCB(O)O)C(=O)O)C1CCOCC1. The number of carbonyl (C=O) groups is 1. The van der Waals surface area contributed by atoms with Crippen LogP contribution < -0.4 is 5.73 Å². The third-order valence-corrected chi connectivity index (χ3v) is 4.71. The second-order valence-corrected chi connectivity index (χ2v) is 6.62. The number of hydrogen-bond acceptors (Lipinski definition) is 6. The van der Waals surface area contributed by atoms with Crippen LogP contribution in [0, 0.1) is 0 Å². The largest absolute Gasteiger partial charge is 0.480 e. The number of carboxylic acids is 1. The molecule has 0 aromatic carbocycles. The maximum absolute atomic E-state index is 11.5. The molecule has 1 heterocycles. The highest BCUT2D eigenvalue weighted by Gasteiger charge is 2.33. The van der Waals surface area contributed by atoms with Gasteiger partial charge in [-0.25, -0.2) is 0 Å². The Balaban J connectivity index is 2.32. The normalized spacial score (nSPS) is 18.8. The van der Waals surface area contributed by atoms with E-state index in [2.05, 4.69) is 11.9 Å². The van der Waals surface area contributed by atoms with Crippen LogP contribution in [0.2, 0.25) is 6.32 Å². The van der Waals surface area contributed by atoms with E-state index in [0.717, 1.165) is 39.0 Å². The predicted molar refractivity (Wildman–Crippen MR) is 89.1 cm³/mol. The Morgan fingerprint density at radius 1 is 1.26 bits per heavy atom. The summed E-state index contributed by atoms with van der Waals surface area (Å²) in [4.78, 5) is 13.7. The standard InChI is InChI=1S/C15H31BN2O5/c1-18(13-5-11-23-12-6-13)10-4-8-15(17,14(19)20)7-2-3-9-16(21)22/h13,21-22H,2-12,17H2,1H3,(H,19,20). The third kappa shape index (κ3) is 7.63. The smallest absolute Gasteiger partial charge is 0.451 e. The van der Waals surface area contributed by atoms with Crippen molar-refractivity contribution in [1.29, 1.82) is 0 Å². The molecular formula is C15H31BN2O5. The van der Waals surface area contributed by atoms with Crippen LogP contribution in [0.25, 0.3) is 0 Å². The summed E-state index contributed by atoms with van der Waals surface area (Å²) < 4.78 is 5.35. The maximum Gasteiger partial charge on any atom is 0.451 e. The van der Waals surface area contributed by atoms with E-state index in [1.54, 1.807) is 0 Å². The Labute approximate surface area is 138 Å². The molecular weight excluding hydrogens is 299 g/mol. The second kappa shape index (κ2) is 10.3. The van der Waals surface area contributed by atoms with Crippen molar-refractivity contribution in [2.24, 2.45) is 5.73 Å². The van der Waals surface area contributed by atoms with Crippen LogP contribution in [-0.4, -0.2) is 71.5 Å². The van der Waals surface area contributed by atoms with Crippen LogP contribution in [-0.2, 0) is 9.53 Å². The average molecular weight is 330 g/mol. The first-order chi connectivity index (χ1) is 10.8. The molecule has 0 bridgehead atoms. The Kier molecular flexibility index (Phi) is 9.08. The lowest BCUT2D eigenvalue weighted by molar-refractivity contribution is -0.144. The third-order valence-electron chi connectivity index (χ3n) is 4.71. The van der Waals surface area contributed by atoms with E-state index in [4.69, 9.17) is 20.5 Å². The number of nitrogens with two attached hydrogens (primary N) is 1. The molecule has 1 aliphatic rings. The molecule has 0 aliphatic carbocycles. The van der Waals surface area contributed by atoms with Crippen molar-refractivity contribution in [1.82, 2.24) is 4.90 Å². The Hall–Kier alpha value is -0.665. The first kappa shape index (κ1) is 20.4. The fourth-order valence-corrected chi connectivity index (χ4v) is 3.06. The first-order valence-electron chi connectivity index (χ1n) is 8.51. The van der Waals surface area contributed by atoms with Gasteiger partial charge in [-0.05, 0) is 52.0 Å². The number of carboxylic acid groups (broad SMARTS) is 1. The summed E-state index contributed by atoms with van der Waals surface area (Å²) in [7, 11) is 0.734. The van der Waals surface area contributed by atoms with E-state index < -0.39 is 18.6 Å². The lowest BCUT2D eigenvalue weighted by atomic mass is 9.81. The van der Waals surface area contributed by atoms with Gasteiger partial charge in [0.05, 0.1) is 0 Å². The molecule has 0 saturated carbocycles. The lowest BCUT2D eigenvalue weighted by Gasteiger charge is -2.32. The van der Waals surface area contributed by atoms with Crippen molar-refractivity contribution in [2.75, 3.05) is 26.8 Å². The lowest BCUT2D eigenvalue weighted by Crippen LogP contribution is -2.48. The molecule has 1 unspecified atom stereocenters. The molecule has 1 rings (SSSR count). The zero-order valence-electron chi connectivity index (χ0n) is 14.1. The van der Waals surface area contributed by atoms with Crippen molar-refractivity contribution in [3.63, 3.8) is 0 Å². The van der Waals surface area contributed by atoms with Gasteiger partial charge in [-0.3, -0.25) is 4.79 Å². The molecule has 0 aromatic rings. The van der Waals surface area contributed by atoms with E-state index in [1.165, 1.54) is 0 Å². The number of unbranched alkanes of at least 4 members (excludes halogenated alkanes) is 1. The number of ether oxygens (including phenoxy) is 1. The van der Waals surface area contributed by atoms with Gasteiger partial charge >= 0.3 is 13.1 Å². The summed E-state index contributed by atoms with van der Waals surface area (Å²) in [6.45, 7) is 2.41. The van der Waals surface area contributed by atoms with Crippen LogP contribution in [0.1, 0.15) is 44.9 Å². The van der Waals surface area contributed by atoms with Gasteiger partial charge in [0, 0.05) is 19.3 Å². The van der Waals surface area contributed by atoms with Gasteiger partial charge in [-0.1, -0.05) is 12.8 Å². The maximum atomic E-state index is 11.5. The zero-order valence-corrected chi connectivity index (χ0v) is 14.1. The van der Waals surface area contributed by atoms with E-state index in [1.807, 2.05) is 0 Å². The fourth-order valence-electron chi connectivity index (χ4n) is 3.06. The Morgan fingerprint density at radius 2 is 1.87 bits per heavy atom. The number of hydrogen-bond donors (Lipinski definition) is 4. The van der Waals surface area contributed by atoms with Crippen molar-refractivity contribution in [3.05, 3.63) is 0 Å². The molecule has 0 amide bonds. The van der Waals surface area contributed by atoms with Gasteiger partial charge in [-0.2, -0.15) is 0 Å². The summed E-state index contributed by atoms with van der Waals surface area (Å²) in [5.41, 5.74) is 4.83. The van der Waals surface area contributed by atoms with E-state index in [-0.39, 0.29) is 6.32 Å². The molecule has 0 aromatic heterocycles. The summed E-state index contributed by atoms with van der Waals surface area (Å²) in [6, 6.07) is 0.506. The fraction of sp³-hybridized carbons (Fsp3) is 0.933. The number of nitrogens with zero attached hydrogens (tertiary/aromatic N) is 1. The van der Waals surface area contributed by atoms with Crippen molar-refractivity contribution >= 4 is 13.1 Å². The quantitative estimate of drug-likeness (QED) is 0.318. The molecule has 23 heavy (non-hydrogen) atoms. The Bertz CT molecular complexity index is 353. The highest BCUT2D eigenvalue weighted by molar-refractivity contribution is 6.40. The molecule has 134 valence electrons. The number of aliphatic carboxylic acids is 1. The molecule has 1 fully saturated rings. The summed E-state index contributed by atoms with van der Waals surface area (Å²) in [5.74, 6) is -0.976. The minimum atomic E-state index is -1.33. The molecule has 0 radical (unpaired) electrons. The topological polar surface area (TPSA) is 116 Å². The predicted octanol–water partition coefficient (Wildman–Crippen LogP) is 0.303. The second-order valence-electron chi connectivity index (χ2n) is 6.62. The minimum Gasteiger partial charge on any atom is -0.480 e. The van der Waals surface area contributed by atoms with Gasteiger partial charge in [0.1, 0.15) is 5.54 Å². The average Bonchev–Trinajstić information content (AvgIpc) is 2.52. The molecule has 1 aliphatic heterocycles. The van der Waals surface area contributed by atoms with Crippen LogP contribution in [0.5, 0.6) is 0 Å². The summed E-state index contributed by atoms with van der Waals surface area (Å²) in [5, 5.41) is 27.0.